The zero-order valence-electron chi connectivity index (χ0n) is 11.9. The zero-order chi connectivity index (χ0) is 14.7. The van der Waals surface area contributed by atoms with Crippen molar-refractivity contribution in [1.29, 1.82) is 0 Å². The van der Waals surface area contributed by atoms with Gasteiger partial charge in [0.1, 0.15) is 0 Å². The van der Waals surface area contributed by atoms with E-state index in [1.807, 2.05) is 6.92 Å². The maximum atomic E-state index is 9.14. The van der Waals surface area contributed by atoms with Gasteiger partial charge < -0.3 is 20.3 Å². The van der Waals surface area contributed by atoms with E-state index in [1.165, 1.54) is 0 Å². The second kappa shape index (κ2) is 5.94. The molecule has 0 aliphatic rings. The average Bonchev–Trinajstić information content (AvgIpc) is 2.73. The lowest BCUT2D eigenvalue weighted by molar-refractivity contribution is 0.280. The monoisotopic (exact) mass is 277 g/mol. The number of methoxy groups -OCH3 is 1. The molecule has 0 aliphatic heterocycles. The molecule has 1 aromatic heterocycles. The van der Waals surface area contributed by atoms with Crippen LogP contribution in [0, 0.1) is 6.92 Å². The summed E-state index contributed by atoms with van der Waals surface area (Å²) in [6.45, 7) is 2.20. The maximum Gasteiger partial charge on any atom is 0.222 e. The molecule has 0 spiro atoms. The van der Waals surface area contributed by atoms with E-state index in [2.05, 4.69) is 5.10 Å². The second-order valence-electron chi connectivity index (χ2n) is 4.44. The molecule has 0 aliphatic carbocycles. The Morgan fingerprint density at radius 3 is 2.70 bits per heavy atom. The first-order valence-corrected chi connectivity index (χ1v) is 6.28. The molecule has 0 bridgehead atoms. The van der Waals surface area contributed by atoms with E-state index in [0.29, 0.717) is 23.9 Å². The number of aryl methyl sites for hydroxylation is 2. The van der Waals surface area contributed by atoms with Gasteiger partial charge >= 0.3 is 0 Å². The molecule has 20 heavy (non-hydrogen) atoms. The number of aromatic nitrogens is 2. The van der Waals surface area contributed by atoms with Crippen molar-refractivity contribution >= 4 is 0 Å². The van der Waals surface area contributed by atoms with Gasteiger partial charge in [0.25, 0.3) is 0 Å². The number of hydrogen-bond donors (Lipinski definition) is 2. The van der Waals surface area contributed by atoms with Gasteiger partial charge in [-0.3, -0.25) is 0 Å². The molecule has 6 heteroatoms. The van der Waals surface area contributed by atoms with Crippen LogP contribution in [-0.2, 0) is 20.2 Å². The van der Waals surface area contributed by atoms with Gasteiger partial charge in [-0.05, 0) is 24.6 Å². The third-order valence-electron chi connectivity index (χ3n) is 3.11. The van der Waals surface area contributed by atoms with E-state index in [-0.39, 0.29) is 6.61 Å². The predicted molar refractivity (Wildman–Crippen MR) is 74.8 cm³/mol. The van der Waals surface area contributed by atoms with E-state index in [9.17, 15) is 0 Å². The lowest BCUT2D eigenvalue weighted by atomic mass is 10.2. The van der Waals surface area contributed by atoms with Crippen LogP contribution in [0.25, 0.3) is 0 Å². The van der Waals surface area contributed by atoms with Crippen LogP contribution in [0.3, 0.4) is 0 Å². The van der Waals surface area contributed by atoms with Crippen LogP contribution in [0.2, 0.25) is 0 Å². The van der Waals surface area contributed by atoms with E-state index < -0.39 is 0 Å². The fourth-order valence-electron chi connectivity index (χ4n) is 2.04. The summed E-state index contributed by atoms with van der Waals surface area (Å²) in [5, 5.41) is 13.4. The summed E-state index contributed by atoms with van der Waals surface area (Å²) in [5.74, 6) is 1.71. The standard InChI is InChI=1S/C14H19N3O3/c1-9-11(7-15)14(17(2)16-9)20-12-5-4-10(8-18)6-13(12)19-3/h4-6,18H,7-8,15H2,1-3H3. The third-order valence-corrected chi connectivity index (χ3v) is 3.11. The van der Waals surface area contributed by atoms with E-state index in [4.69, 9.17) is 20.3 Å². The minimum absolute atomic E-state index is 0.0461. The number of aliphatic hydroxyl groups is 1. The van der Waals surface area contributed by atoms with Gasteiger partial charge in [-0.2, -0.15) is 5.10 Å². The van der Waals surface area contributed by atoms with Gasteiger partial charge in [-0.15, -0.1) is 0 Å². The summed E-state index contributed by atoms with van der Waals surface area (Å²) in [6, 6.07) is 5.27. The Labute approximate surface area is 117 Å². The van der Waals surface area contributed by atoms with Gasteiger partial charge in [-0.25, -0.2) is 4.68 Å². The number of nitrogens with two attached hydrogens (primary N) is 1. The molecule has 0 saturated carbocycles. The fraction of sp³-hybridized carbons (Fsp3) is 0.357. The first-order valence-electron chi connectivity index (χ1n) is 6.28. The molecule has 0 fully saturated rings. The summed E-state index contributed by atoms with van der Waals surface area (Å²) in [7, 11) is 3.36. The number of benzene rings is 1. The highest BCUT2D eigenvalue weighted by molar-refractivity contribution is 5.46. The quantitative estimate of drug-likeness (QED) is 0.865. The Morgan fingerprint density at radius 1 is 1.35 bits per heavy atom. The highest BCUT2D eigenvalue weighted by Crippen LogP contribution is 2.34. The molecule has 0 saturated heterocycles. The lowest BCUT2D eigenvalue weighted by Crippen LogP contribution is -2.02. The summed E-state index contributed by atoms with van der Waals surface area (Å²) in [6.07, 6.45) is 0. The predicted octanol–water partition coefficient (Wildman–Crippen LogP) is 1.48. The van der Waals surface area contributed by atoms with Crippen molar-refractivity contribution in [3.8, 4) is 17.4 Å². The molecule has 3 N–H and O–H groups in total. The molecule has 2 aromatic rings. The van der Waals surface area contributed by atoms with Crippen molar-refractivity contribution in [3.63, 3.8) is 0 Å². The Balaban J connectivity index is 2.39. The Hall–Kier alpha value is -2.05. The van der Waals surface area contributed by atoms with E-state index in [0.717, 1.165) is 16.8 Å². The van der Waals surface area contributed by atoms with Gasteiger partial charge in [0.05, 0.1) is 25.0 Å². The van der Waals surface area contributed by atoms with Crippen LogP contribution in [0.15, 0.2) is 18.2 Å². The molecule has 108 valence electrons. The van der Waals surface area contributed by atoms with E-state index in [1.54, 1.807) is 37.0 Å². The number of aliphatic hydroxyl groups excluding tert-OH is 1. The van der Waals surface area contributed by atoms with Crippen LogP contribution in [0.4, 0.5) is 0 Å². The number of ether oxygens (including phenoxy) is 2. The number of nitrogens with zero attached hydrogens (tertiary/aromatic N) is 2. The molecule has 6 nitrogen and oxygen atoms in total. The van der Waals surface area contributed by atoms with Crippen LogP contribution >= 0.6 is 0 Å². The van der Waals surface area contributed by atoms with Crippen LogP contribution in [0.1, 0.15) is 16.8 Å². The summed E-state index contributed by atoms with van der Waals surface area (Å²) in [4.78, 5) is 0. The average molecular weight is 277 g/mol. The summed E-state index contributed by atoms with van der Waals surface area (Å²) < 4.78 is 12.8. The van der Waals surface area contributed by atoms with Crippen LogP contribution < -0.4 is 15.2 Å². The third kappa shape index (κ3) is 2.61. The van der Waals surface area contributed by atoms with Crippen LogP contribution in [-0.4, -0.2) is 22.0 Å². The molecule has 0 amide bonds. The molecule has 0 atom stereocenters. The van der Waals surface area contributed by atoms with Gasteiger partial charge in [0.15, 0.2) is 11.5 Å². The highest BCUT2D eigenvalue weighted by Gasteiger charge is 2.16. The van der Waals surface area contributed by atoms with Crippen molar-refractivity contribution in [3.05, 3.63) is 35.0 Å². The molecule has 2 rings (SSSR count). The SMILES string of the molecule is COc1cc(CO)ccc1Oc1c(CN)c(C)nn1C. The fourth-order valence-corrected chi connectivity index (χ4v) is 2.04. The van der Waals surface area contributed by atoms with Crippen molar-refractivity contribution in [2.24, 2.45) is 12.8 Å². The number of rotatable bonds is 5. The molecular weight excluding hydrogens is 258 g/mol. The highest BCUT2D eigenvalue weighted by atomic mass is 16.5. The number of hydrogen-bond acceptors (Lipinski definition) is 5. The first-order chi connectivity index (χ1) is 9.60. The molecule has 0 radical (unpaired) electrons. The van der Waals surface area contributed by atoms with Gasteiger partial charge in [0, 0.05) is 13.6 Å². The lowest BCUT2D eigenvalue weighted by Gasteiger charge is -2.12. The van der Waals surface area contributed by atoms with Crippen LogP contribution in [0.5, 0.6) is 17.4 Å². The largest absolute Gasteiger partial charge is 0.493 e. The maximum absolute atomic E-state index is 9.14. The van der Waals surface area contributed by atoms with Gasteiger partial charge in [-0.1, -0.05) is 6.07 Å². The molecule has 0 unspecified atom stereocenters. The summed E-state index contributed by atoms with van der Waals surface area (Å²) >= 11 is 0. The minimum Gasteiger partial charge on any atom is -0.493 e. The normalized spacial score (nSPS) is 10.7. The Morgan fingerprint density at radius 2 is 2.10 bits per heavy atom. The van der Waals surface area contributed by atoms with Gasteiger partial charge in [0.2, 0.25) is 5.88 Å². The van der Waals surface area contributed by atoms with Crippen molar-refractivity contribution < 1.29 is 14.6 Å². The minimum atomic E-state index is -0.0461. The zero-order valence-corrected chi connectivity index (χ0v) is 11.9. The Bertz CT molecular complexity index is 608. The van der Waals surface area contributed by atoms with Crippen molar-refractivity contribution in [2.75, 3.05) is 7.11 Å². The molecule has 1 heterocycles. The molecule has 1 aromatic carbocycles. The topological polar surface area (TPSA) is 82.5 Å². The smallest absolute Gasteiger partial charge is 0.222 e. The first kappa shape index (κ1) is 14.4. The summed E-state index contributed by atoms with van der Waals surface area (Å²) in [5.41, 5.74) is 8.20. The van der Waals surface area contributed by atoms with Crippen molar-refractivity contribution in [1.82, 2.24) is 9.78 Å². The van der Waals surface area contributed by atoms with E-state index >= 15 is 0 Å². The van der Waals surface area contributed by atoms with Crippen molar-refractivity contribution in [2.45, 2.75) is 20.1 Å². The Kier molecular flexibility index (Phi) is 4.26. The second-order valence-corrected chi connectivity index (χ2v) is 4.44. The molecular formula is C14H19N3O3.